The fourth-order valence-corrected chi connectivity index (χ4v) is 4.84. The van der Waals surface area contributed by atoms with E-state index < -0.39 is 0 Å². The molecule has 2 atom stereocenters. The zero-order chi connectivity index (χ0) is 25.5. The summed E-state index contributed by atoms with van der Waals surface area (Å²) < 4.78 is 14.1. The first-order chi connectivity index (χ1) is 18.2. The molecule has 0 unspecified atom stereocenters. The van der Waals surface area contributed by atoms with Crippen LogP contribution < -0.4 is 14.8 Å². The molecule has 1 aliphatic rings. The number of para-hydroxylation sites is 2. The quantitative estimate of drug-likeness (QED) is 0.361. The second kappa shape index (κ2) is 11.8. The van der Waals surface area contributed by atoms with E-state index >= 15 is 0 Å². The Hall–Kier alpha value is -4.10. The zero-order valence-electron chi connectivity index (χ0n) is 21.0. The molecule has 0 aliphatic carbocycles. The van der Waals surface area contributed by atoms with Gasteiger partial charge in [0.05, 0.1) is 26.0 Å². The number of ether oxygens (including phenoxy) is 2. The molecule has 0 bridgehead atoms. The molecule has 5 rings (SSSR count). The van der Waals surface area contributed by atoms with E-state index in [2.05, 4.69) is 33.4 Å². The fourth-order valence-electron chi connectivity index (χ4n) is 4.84. The summed E-state index contributed by atoms with van der Waals surface area (Å²) in [6, 6.07) is 26.0. The Balaban J connectivity index is 1.33. The normalized spacial score (nSPS) is 16.2. The van der Waals surface area contributed by atoms with Gasteiger partial charge in [-0.2, -0.15) is 0 Å². The van der Waals surface area contributed by atoms with E-state index in [1.807, 2.05) is 71.4 Å². The standard InChI is InChI=1S/C30H32N4O3/c1-36-28-14-8-6-12-25(28)29-20-34(19-24-11-5-7-13-27(24)37-29)21-30(35)32-26(23-9-3-2-4-10-23)15-17-33-18-16-31-22-33/h2-14,16,18,22,26,29H,15,17,19-21H2,1H3,(H,32,35)/t26-,29-/m0/s1. The molecule has 1 aromatic heterocycles. The van der Waals surface area contributed by atoms with Gasteiger partial charge in [0.15, 0.2) is 0 Å². The molecular weight excluding hydrogens is 464 g/mol. The van der Waals surface area contributed by atoms with Crippen molar-refractivity contribution in [3.63, 3.8) is 0 Å². The van der Waals surface area contributed by atoms with Gasteiger partial charge in [0, 0.05) is 43.2 Å². The van der Waals surface area contributed by atoms with Crippen molar-refractivity contribution in [2.24, 2.45) is 0 Å². The van der Waals surface area contributed by atoms with Crippen molar-refractivity contribution >= 4 is 5.91 Å². The highest BCUT2D eigenvalue weighted by molar-refractivity contribution is 5.78. The highest BCUT2D eigenvalue weighted by Crippen LogP contribution is 2.34. The van der Waals surface area contributed by atoms with Crippen LogP contribution in [0.15, 0.2) is 97.6 Å². The molecule has 4 aromatic rings. The minimum atomic E-state index is -0.265. The van der Waals surface area contributed by atoms with Crippen LogP contribution in [0.3, 0.4) is 0 Å². The third-order valence-electron chi connectivity index (χ3n) is 6.69. The Morgan fingerprint density at radius 2 is 1.86 bits per heavy atom. The highest BCUT2D eigenvalue weighted by Gasteiger charge is 2.28. The maximum Gasteiger partial charge on any atom is 0.234 e. The molecule has 1 N–H and O–H groups in total. The van der Waals surface area contributed by atoms with Crippen molar-refractivity contribution in [1.82, 2.24) is 19.8 Å². The number of carbonyl (C=O) groups is 1. The Morgan fingerprint density at radius 3 is 2.68 bits per heavy atom. The number of hydrogen-bond donors (Lipinski definition) is 1. The maximum absolute atomic E-state index is 13.4. The lowest BCUT2D eigenvalue weighted by Gasteiger charge is -2.26. The first-order valence-corrected chi connectivity index (χ1v) is 12.6. The van der Waals surface area contributed by atoms with E-state index in [0.29, 0.717) is 13.1 Å². The van der Waals surface area contributed by atoms with Crippen molar-refractivity contribution in [1.29, 1.82) is 0 Å². The van der Waals surface area contributed by atoms with Crippen molar-refractivity contribution in [2.75, 3.05) is 20.2 Å². The summed E-state index contributed by atoms with van der Waals surface area (Å²) in [6.45, 7) is 2.21. The molecule has 3 aromatic carbocycles. The number of hydrogen-bond acceptors (Lipinski definition) is 5. The van der Waals surface area contributed by atoms with Crippen LogP contribution in [0.4, 0.5) is 0 Å². The minimum Gasteiger partial charge on any atom is -0.496 e. The van der Waals surface area contributed by atoms with Gasteiger partial charge in [-0.15, -0.1) is 0 Å². The summed E-state index contributed by atoms with van der Waals surface area (Å²) in [5.41, 5.74) is 3.12. The average Bonchev–Trinajstić information content (AvgIpc) is 3.39. The van der Waals surface area contributed by atoms with Crippen molar-refractivity contribution in [3.8, 4) is 11.5 Å². The van der Waals surface area contributed by atoms with E-state index in [-0.39, 0.29) is 24.6 Å². The van der Waals surface area contributed by atoms with Gasteiger partial charge in [-0.05, 0) is 24.1 Å². The Morgan fingerprint density at radius 1 is 1.08 bits per heavy atom. The lowest BCUT2D eigenvalue weighted by molar-refractivity contribution is -0.123. The van der Waals surface area contributed by atoms with E-state index in [9.17, 15) is 4.79 Å². The average molecular weight is 497 g/mol. The number of aryl methyl sites for hydroxylation is 1. The van der Waals surface area contributed by atoms with Crippen LogP contribution >= 0.6 is 0 Å². The number of amides is 1. The molecule has 1 amide bonds. The number of fused-ring (bicyclic) bond motifs is 1. The summed E-state index contributed by atoms with van der Waals surface area (Å²) in [5.74, 6) is 1.60. The first kappa shape index (κ1) is 24.6. The van der Waals surface area contributed by atoms with Gasteiger partial charge in [-0.1, -0.05) is 66.7 Å². The van der Waals surface area contributed by atoms with E-state index in [4.69, 9.17) is 9.47 Å². The summed E-state index contributed by atoms with van der Waals surface area (Å²) >= 11 is 0. The van der Waals surface area contributed by atoms with Crippen molar-refractivity contribution in [3.05, 3.63) is 114 Å². The molecule has 0 radical (unpaired) electrons. The van der Waals surface area contributed by atoms with E-state index in [1.54, 1.807) is 19.6 Å². The largest absolute Gasteiger partial charge is 0.496 e. The van der Waals surface area contributed by atoms with Crippen molar-refractivity contribution < 1.29 is 14.3 Å². The molecule has 0 fully saturated rings. The monoisotopic (exact) mass is 496 g/mol. The third kappa shape index (κ3) is 6.19. The first-order valence-electron chi connectivity index (χ1n) is 12.6. The predicted molar refractivity (Wildman–Crippen MR) is 142 cm³/mol. The van der Waals surface area contributed by atoms with Gasteiger partial charge in [-0.25, -0.2) is 4.98 Å². The number of methoxy groups -OCH3 is 1. The Labute approximate surface area is 217 Å². The molecular formula is C30H32N4O3. The van der Waals surface area contributed by atoms with Gasteiger partial charge in [0.2, 0.25) is 5.91 Å². The van der Waals surface area contributed by atoms with Gasteiger partial charge >= 0.3 is 0 Å². The minimum absolute atomic E-state index is 0.0161. The number of imidazole rings is 1. The zero-order valence-corrected chi connectivity index (χ0v) is 21.0. The molecule has 190 valence electrons. The topological polar surface area (TPSA) is 68.6 Å². The lowest BCUT2D eigenvalue weighted by atomic mass is 10.0. The number of benzene rings is 3. The number of carbonyl (C=O) groups excluding carboxylic acids is 1. The predicted octanol–water partition coefficient (Wildman–Crippen LogP) is 4.78. The molecule has 7 nitrogen and oxygen atoms in total. The van der Waals surface area contributed by atoms with E-state index in [0.717, 1.165) is 41.2 Å². The number of nitrogens with one attached hydrogen (secondary N) is 1. The van der Waals surface area contributed by atoms with Crippen LogP contribution in [-0.2, 0) is 17.9 Å². The van der Waals surface area contributed by atoms with Crippen molar-refractivity contribution in [2.45, 2.75) is 31.7 Å². The highest BCUT2D eigenvalue weighted by atomic mass is 16.5. The maximum atomic E-state index is 13.4. The summed E-state index contributed by atoms with van der Waals surface area (Å²) in [5, 5.41) is 3.28. The molecule has 0 saturated heterocycles. The second-order valence-corrected chi connectivity index (χ2v) is 9.25. The lowest BCUT2D eigenvalue weighted by Crippen LogP contribution is -2.40. The van der Waals surface area contributed by atoms with Crippen LogP contribution in [0.1, 0.15) is 35.3 Å². The number of nitrogens with zero attached hydrogens (tertiary/aromatic N) is 3. The van der Waals surface area contributed by atoms with Crippen LogP contribution in [0.2, 0.25) is 0 Å². The van der Waals surface area contributed by atoms with Gasteiger partial charge < -0.3 is 19.4 Å². The molecule has 0 spiro atoms. The Bertz CT molecular complexity index is 1290. The fraction of sp³-hybridized carbons (Fsp3) is 0.267. The molecule has 0 saturated carbocycles. The number of aromatic nitrogens is 2. The van der Waals surface area contributed by atoms with Crippen LogP contribution in [-0.4, -0.2) is 40.6 Å². The molecule has 7 heteroatoms. The summed E-state index contributed by atoms with van der Waals surface area (Å²) in [4.78, 5) is 19.7. The number of rotatable bonds is 9. The van der Waals surface area contributed by atoms with Crippen LogP contribution in [0.5, 0.6) is 11.5 Å². The second-order valence-electron chi connectivity index (χ2n) is 9.25. The summed E-state index contributed by atoms with van der Waals surface area (Å²) in [6.07, 6.45) is 6.02. The van der Waals surface area contributed by atoms with Gasteiger partial charge in [-0.3, -0.25) is 9.69 Å². The third-order valence-corrected chi connectivity index (χ3v) is 6.69. The van der Waals surface area contributed by atoms with Gasteiger partial charge in [0.25, 0.3) is 0 Å². The van der Waals surface area contributed by atoms with Crippen LogP contribution in [0.25, 0.3) is 0 Å². The van der Waals surface area contributed by atoms with Gasteiger partial charge in [0.1, 0.15) is 17.6 Å². The smallest absolute Gasteiger partial charge is 0.234 e. The Kier molecular flexibility index (Phi) is 7.81. The SMILES string of the molecule is COc1ccccc1[C@@H]1CN(CC(=O)N[C@@H](CCn2ccnc2)c2ccccc2)Cc2ccccc2O1. The summed E-state index contributed by atoms with van der Waals surface area (Å²) in [7, 11) is 1.67. The molecule has 37 heavy (non-hydrogen) atoms. The molecule has 2 heterocycles. The molecule has 1 aliphatic heterocycles. The van der Waals surface area contributed by atoms with E-state index in [1.165, 1.54) is 0 Å². The van der Waals surface area contributed by atoms with Crippen LogP contribution in [0, 0.1) is 0 Å².